The van der Waals surface area contributed by atoms with Crippen molar-refractivity contribution in [3.63, 3.8) is 0 Å². The van der Waals surface area contributed by atoms with Gasteiger partial charge in [-0.2, -0.15) is 0 Å². The molecule has 0 N–H and O–H groups in total. The molecule has 26 heavy (non-hydrogen) atoms. The molecule has 0 bridgehead atoms. The number of amides is 1. The Morgan fingerprint density at radius 3 is 2.62 bits per heavy atom. The second-order valence-electron chi connectivity index (χ2n) is 6.53. The Bertz CT molecular complexity index is 915. The van der Waals surface area contributed by atoms with Gasteiger partial charge in [-0.15, -0.1) is 0 Å². The van der Waals surface area contributed by atoms with Gasteiger partial charge in [0.1, 0.15) is 12.1 Å². The van der Waals surface area contributed by atoms with E-state index in [1.165, 1.54) is 5.56 Å². The number of rotatable bonds is 3. The second kappa shape index (κ2) is 7.07. The molecule has 0 aliphatic carbocycles. The zero-order valence-electron chi connectivity index (χ0n) is 14.8. The van der Waals surface area contributed by atoms with E-state index < -0.39 is 0 Å². The van der Waals surface area contributed by atoms with Gasteiger partial charge in [-0.1, -0.05) is 18.2 Å². The number of aromatic nitrogens is 3. The summed E-state index contributed by atoms with van der Waals surface area (Å²) in [5, 5.41) is 1.10. The van der Waals surface area contributed by atoms with Gasteiger partial charge in [-0.3, -0.25) is 9.78 Å². The maximum absolute atomic E-state index is 12.5. The smallest absolute Gasteiger partial charge is 0.228 e. The number of nitrogens with zero attached hydrogens (tertiary/aromatic N) is 5. The third kappa shape index (κ3) is 3.22. The SMILES string of the molecule is Cc1cccc2ncnc(N3CCN(C(=O)Cc4ccccn4)CC3)c12. The third-order valence-corrected chi connectivity index (χ3v) is 4.84. The molecule has 2 aromatic heterocycles. The molecule has 0 radical (unpaired) electrons. The lowest BCUT2D eigenvalue weighted by molar-refractivity contribution is -0.130. The molecule has 132 valence electrons. The van der Waals surface area contributed by atoms with Crippen molar-refractivity contribution >= 4 is 22.6 Å². The summed E-state index contributed by atoms with van der Waals surface area (Å²) in [6, 6.07) is 11.8. The molecule has 3 aromatic rings. The highest BCUT2D eigenvalue weighted by Crippen LogP contribution is 2.26. The number of piperazine rings is 1. The minimum atomic E-state index is 0.132. The van der Waals surface area contributed by atoms with Gasteiger partial charge in [-0.25, -0.2) is 9.97 Å². The Morgan fingerprint density at radius 2 is 1.85 bits per heavy atom. The van der Waals surface area contributed by atoms with Crippen LogP contribution in [0, 0.1) is 6.92 Å². The highest BCUT2D eigenvalue weighted by atomic mass is 16.2. The van der Waals surface area contributed by atoms with Crippen LogP contribution in [0.3, 0.4) is 0 Å². The molecule has 4 rings (SSSR count). The molecule has 3 heterocycles. The molecule has 1 aromatic carbocycles. The van der Waals surface area contributed by atoms with Crippen LogP contribution in [0.1, 0.15) is 11.3 Å². The van der Waals surface area contributed by atoms with Crippen LogP contribution in [0.4, 0.5) is 5.82 Å². The maximum Gasteiger partial charge on any atom is 0.228 e. The van der Waals surface area contributed by atoms with Gasteiger partial charge in [-0.05, 0) is 30.7 Å². The molecule has 1 aliphatic rings. The fourth-order valence-corrected chi connectivity index (χ4v) is 3.44. The molecule has 0 spiro atoms. The van der Waals surface area contributed by atoms with E-state index in [0.717, 1.165) is 35.5 Å². The number of fused-ring (bicyclic) bond motifs is 1. The molecular formula is C20H21N5O. The molecule has 6 heteroatoms. The van der Waals surface area contributed by atoms with Gasteiger partial charge in [0.2, 0.25) is 5.91 Å². The first-order valence-corrected chi connectivity index (χ1v) is 8.85. The highest BCUT2D eigenvalue weighted by molar-refractivity contribution is 5.92. The summed E-state index contributed by atoms with van der Waals surface area (Å²) in [5.74, 6) is 1.09. The maximum atomic E-state index is 12.5. The molecule has 0 unspecified atom stereocenters. The van der Waals surface area contributed by atoms with Crippen LogP contribution in [0.5, 0.6) is 0 Å². The van der Waals surface area contributed by atoms with Crippen LogP contribution in [-0.2, 0) is 11.2 Å². The van der Waals surface area contributed by atoms with E-state index >= 15 is 0 Å². The Labute approximate surface area is 152 Å². The molecule has 0 saturated carbocycles. The average Bonchev–Trinajstić information content (AvgIpc) is 2.69. The van der Waals surface area contributed by atoms with E-state index in [4.69, 9.17) is 0 Å². The zero-order chi connectivity index (χ0) is 17.9. The van der Waals surface area contributed by atoms with Crippen molar-refractivity contribution in [1.29, 1.82) is 0 Å². The van der Waals surface area contributed by atoms with Crippen molar-refractivity contribution in [2.45, 2.75) is 13.3 Å². The Kier molecular flexibility index (Phi) is 4.48. The lowest BCUT2D eigenvalue weighted by atomic mass is 10.1. The number of hydrogen-bond donors (Lipinski definition) is 0. The van der Waals surface area contributed by atoms with Gasteiger partial charge in [0.05, 0.1) is 11.9 Å². The summed E-state index contributed by atoms with van der Waals surface area (Å²) in [6.45, 7) is 5.02. The van der Waals surface area contributed by atoms with Crippen molar-refractivity contribution in [2.75, 3.05) is 31.1 Å². The van der Waals surface area contributed by atoms with Crippen molar-refractivity contribution in [1.82, 2.24) is 19.9 Å². The monoisotopic (exact) mass is 347 g/mol. The number of aryl methyl sites for hydroxylation is 1. The van der Waals surface area contributed by atoms with Crippen LogP contribution >= 0.6 is 0 Å². The van der Waals surface area contributed by atoms with Crippen LogP contribution in [-0.4, -0.2) is 51.9 Å². The first-order chi connectivity index (χ1) is 12.7. The lowest BCUT2D eigenvalue weighted by Gasteiger charge is -2.36. The van der Waals surface area contributed by atoms with Crippen LogP contribution in [0.15, 0.2) is 48.9 Å². The van der Waals surface area contributed by atoms with Gasteiger partial charge in [0.15, 0.2) is 0 Å². The van der Waals surface area contributed by atoms with Crippen LogP contribution in [0.25, 0.3) is 10.9 Å². The van der Waals surface area contributed by atoms with E-state index in [-0.39, 0.29) is 5.91 Å². The molecule has 1 saturated heterocycles. The standard InChI is InChI=1S/C20H21N5O/c1-15-5-4-7-17-19(15)20(23-14-22-17)25-11-9-24(10-12-25)18(26)13-16-6-2-3-8-21-16/h2-8,14H,9-13H2,1H3. The summed E-state index contributed by atoms with van der Waals surface area (Å²) >= 11 is 0. The largest absolute Gasteiger partial charge is 0.352 e. The quantitative estimate of drug-likeness (QED) is 0.727. The number of pyridine rings is 1. The summed E-state index contributed by atoms with van der Waals surface area (Å²) < 4.78 is 0. The van der Waals surface area contributed by atoms with Gasteiger partial charge >= 0.3 is 0 Å². The first-order valence-electron chi connectivity index (χ1n) is 8.85. The minimum absolute atomic E-state index is 0.132. The van der Waals surface area contributed by atoms with E-state index in [9.17, 15) is 4.79 Å². The number of carbonyl (C=O) groups is 1. The Balaban J connectivity index is 1.47. The molecule has 1 fully saturated rings. The van der Waals surface area contributed by atoms with Crippen LogP contribution < -0.4 is 4.90 Å². The van der Waals surface area contributed by atoms with E-state index in [2.05, 4.69) is 32.8 Å². The van der Waals surface area contributed by atoms with Gasteiger partial charge in [0, 0.05) is 43.5 Å². The Morgan fingerprint density at radius 1 is 1.00 bits per heavy atom. The molecule has 1 amide bonds. The number of anilines is 1. The topological polar surface area (TPSA) is 62.2 Å². The fourth-order valence-electron chi connectivity index (χ4n) is 3.44. The van der Waals surface area contributed by atoms with E-state index in [1.807, 2.05) is 35.2 Å². The highest BCUT2D eigenvalue weighted by Gasteiger charge is 2.23. The summed E-state index contributed by atoms with van der Waals surface area (Å²) in [5.41, 5.74) is 2.95. The summed E-state index contributed by atoms with van der Waals surface area (Å²) in [7, 11) is 0. The normalized spacial score (nSPS) is 14.7. The van der Waals surface area contributed by atoms with Gasteiger partial charge < -0.3 is 9.80 Å². The summed E-state index contributed by atoms with van der Waals surface area (Å²) in [4.78, 5) is 29.8. The van der Waals surface area contributed by atoms with Gasteiger partial charge in [0.25, 0.3) is 0 Å². The fraction of sp³-hybridized carbons (Fsp3) is 0.300. The average molecular weight is 347 g/mol. The molecule has 0 atom stereocenters. The molecule has 1 aliphatic heterocycles. The van der Waals surface area contributed by atoms with Crippen molar-refractivity contribution in [2.24, 2.45) is 0 Å². The van der Waals surface area contributed by atoms with Crippen molar-refractivity contribution in [3.8, 4) is 0 Å². The summed E-state index contributed by atoms with van der Waals surface area (Å²) in [6.07, 6.45) is 3.70. The number of benzene rings is 1. The van der Waals surface area contributed by atoms with Crippen molar-refractivity contribution < 1.29 is 4.79 Å². The zero-order valence-corrected chi connectivity index (χ0v) is 14.8. The Hall–Kier alpha value is -3.02. The molecule has 6 nitrogen and oxygen atoms in total. The predicted molar refractivity (Wildman–Crippen MR) is 101 cm³/mol. The number of hydrogen-bond acceptors (Lipinski definition) is 5. The second-order valence-corrected chi connectivity index (χ2v) is 6.53. The lowest BCUT2D eigenvalue weighted by Crippen LogP contribution is -2.49. The third-order valence-electron chi connectivity index (χ3n) is 4.84. The van der Waals surface area contributed by atoms with Crippen molar-refractivity contribution in [3.05, 3.63) is 60.2 Å². The first kappa shape index (κ1) is 16.4. The molecular weight excluding hydrogens is 326 g/mol. The number of carbonyl (C=O) groups excluding carboxylic acids is 1. The van der Waals surface area contributed by atoms with E-state index in [0.29, 0.717) is 19.5 Å². The van der Waals surface area contributed by atoms with E-state index in [1.54, 1.807) is 12.5 Å². The predicted octanol–water partition coefficient (Wildman–Crippen LogP) is 2.22. The van der Waals surface area contributed by atoms with Crippen LogP contribution in [0.2, 0.25) is 0 Å². The minimum Gasteiger partial charge on any atom is -0.352 e.